The molecule has 0 fully saturated rings. The fraction of sp³-hybridized carbons (Fsp3) is 0.429. The van der Waals surface area contributed by atoms with Gasteiger partial charge in [-0.05, 0) is 18.9 Å². The molecule has 0 aliphatic rings. The molecule has 3 heterocycles. The van der Waals surface area contributed by atoms with E-state index in [0.29, 0.717) is 17.0 Å². The lowest BCUT2D eigenvalue weighted by atomic mass is 10.1. The van der Waals surface area contributed by atoms with Crippen LogP contribution in [0.2, 0.25) is 0 Å². The fourth-order valence-corrected chi connectivity index (χ4v) is 3.40. The highest BCUT2D eigenvalue weighted by molar-refractivity contribution is 6.09. The Hall–Kier alpha value is -3.21. The quantitative estimate of drug-likeness (QED) is 0.485. The van der Waals surface area contributed by atoms with Crippen LogP contribution in [0.25, 0.3) is 22.3 Å². The average molecular weight is 449 g/mol. The second kappa shape index (κ2) is 9.94. The van der Waals surface area contributed by atoms with Gasteiger partial charge in [0.05, 0.1) is 60.6 Å². The van der Waals surface area contributed by atoms with Crippen molar-refractivity contribution >= 4 is 17.3 Å². The number of hydrogen-bond acceptors (Lipinski definition) is 6. The van der Waals surface area contributed by atoms with Crippen LogP contribution in [0.3, 0.4) is 0 Å². The molecule has 11 heteroatoms. The van der Waals surface area contributed by atoms with E-state index in [2.05, 4.69) is 29.0 Å². The lowest BCUT2D eigenvalue weighted by Crippen LogP contribution is -2.21. The molecule has 32 heavy (non-hydrogen) atoms. The van der Waals surface area contributed by atoms with E-state index in [1.807, 2.05) is 16.9 Å². The minimum atomic E-state index is -4.46. The highest BCUT2D eigenvalue weighted by Gasteiger charge is 2.30. The highest BCUT2D eigenvalue weighted by atomic mass is 19.4. The Labute approximate surface area is 183 Å². The smallest absolute Gasteiger partial charge is 0.391 e. The molecule has 1 unspecified atom stereocenters. The summed E-state index contributed by atoms with van der Waals surface area (Å²) in [5, 5.41) is 18.3. The minimum absolute atomic E-state index is 0.280. The molecule has 0 radical (unpaired) electrons. The molecule has 0 saturated heterocycles. The number of aliphatic hydroxyl groups excluding tert-OH is 1. The van der Waals surface area contributed by atoms with Crippen molar-refractivity contribution in [3.63, 3.8) is 0 Å². The Morgan fingerprint density at radius 2 is 2.00 bits per heavy atom. The normalized spacial score (nSPS) is 14.2. The van der Waals surface area contributed by atoms with Gasteiger partial charge in [-0.2, -0.15) is 23.4 Å². The van der Waals surface area contributed by atoms with Crippen molar-refractivity contribution < 1.29 is 18.3 Å². The molecule has 3 rings (SSSR count). The third-order valence-electron chi connectivity index (χ3n) is 5.07. The number of halogens is 3. The summed E-state index contributed by atoms with van der Waals surface area (Å²) in [5.74, 6) is 0. The first kappa shape index (κ1) is 23.5. The zero-order valence-corrected chi connectivity index (χ0v) is 17.9. The van der Waals surface area contributed by atoms with Crippen molar-refractivity contribution in [3.8, 4) is 11.3 Å². The maximum absolute atomic E-state index is 12.4. The molecular weight excluding hydrogens is 423 g/mol. The maximum atomic E-state index is 12.4. The largest absolute Gasteiger partial charge is 0.404 e. The van der Waals surface area contributed by atoms with Gasteiger partial charge in [-0.15, -0.1) is 0 Å². The summed E-state index contributed by atoms with van der Waals surface area (Å²) in [6.45, 7) is 3.80. The van der Waals surface area contributed by atoms with Gasteiger partial charge in [0.15, 0.2) is 0 Å². The lowest BCUT2D eigenvalue weighted by Gasteiger charge is -2.12. The van der Waals surface area contributed by atoms with Crippen LogP contribution in [0.1, 0.15) is 44.8 Å². The first-order valence-corrected chi connectivity index (χ1v) is 10.3. The molecule has 0 aliphatic carbocycles. The van der Waals surface area contributed by atoms with Gasteiger partial charge in [0, 0.05) is 29.7 Å². The molecule has 3 N–H and O–H groups in total. The third kappa shape index (κ3) is 5.52. The van der Waals surface area contributed by atoms with Crippen LogP contribution in [0, 0.1) is 0 Å². The summed E-state index contributed by atoms with van der Waals surface area (Å²) >= 11 is 0. The summed E-state index contributed by atoms with van der Waals surface area (Å²) in [4.78, 5) is 8.61. The first-order valence-electron chi connectivity index (χ1n) is 10.3. The highest BCUT2D eigenvalue weighted by Crippen LogP contribution is 2.26. The number of alkyl halides is 3. The summed E-state index contributed by atoms with van der Waals surface area (Å²) in [6, 6.07) is 2.11. The van der Waals surface area contributed by atoms with E-state index in [4.69, 9.17) is 10.7 Å². The number of aromatic nitrogens is 5. The molecule has 0 amide bonds. The van der Waals surface area contributed by atoms with E-state index in [1.165, 1.54) is 12.4 Å². The predicted octanol–water partition coefficient (Wildman–Crippen LogP) is 3.64. The zero-order chi connectivity index (χ0) is 23.3. The van der Waals surface area contributed by atoms with Gasteiger partial charge in [-0.1, -0.05) is 13.8 Å². The third-order valence-corrected chi connectivity index (χ3v) is 5.07. The van der Waals surface area contributed by atoms with Gasteiger partial charge in [0.2, 0.25) is 0 Å². The Morgan fingerprint density at radius 3 is 2.66 bits per heavy atom. The van der Waals surface area contributed by atoms with Crippen molar-refractivity contribution in [1.29, 1.82) is 0 Å². The number of aliphatic hydroxyl groups is 1. The van der Waals surface area contributed by atoms with Crippen LogP contribution in [-0.2, 0) is 0 Å². The molecule has 0 aromatic carbocycles. The van der Waals surface area contributed by atoms with Gasteiger partial charge in [0.25, 0.3) is 0 Å². The van der Waals surface area contributed by atoms with Crippen LogP contribution in [0.5, 0.6) is 0 Å². The van der Waals surface area contributed by atoms with E-state index in [0.717, 1.165) is 23.9 Å². The van der Waals surface area contributed by atoms with Crippen molar-refractivity contribution in [1.82, 2.24) is 24.4 Å². The number of allylic oxidation sites excluding steroid dienone is 1. The summed E-state index contributed by atoms with van der Waals surface area (Å²) in [5.41, 5.74) is 8.76. The Kier molecular flexibility index (Phi) is 7.29. The Balaban J connectivity index is 1.90. The summed E-state index contributed by atoms with van der Waals surface area (Å²) in [6.07, 6.45) is 4.02. The molecule has 3 aromatic rings. The van der Waals surface area contributed by atoms with Crippen molar-refractivity contribution in [2.45, 2.75) is 51.4 Å². The fourth-order valence-electron chi connectivity index (χ4n) is 3.40. The van der Waals surface area contributed by atoms with E-state index in [-0.39, 0.29) is 6.04 Å². The van der Waals surface area contributed by atoms with Crippen LogP contribution in [0.4, 0.5) is 13.2 Å². The molecular formula is C21H26F3N7O. The molecule has 172 valence electrons. The Bertz CT molecular complexity index is 1100. The van der Waals surface area contributed by atoms with Gasteiger partial charge in [-0.3, -0.25) is 9.67 Å². The van der Waals surface area contributed by atoms with Gasteiger partial charge >= 0.3 is 6.18 Å². The standard InChI is InChI=1S/C21H26F3N7O/c1-3-16(4-2)30-12-15(10-28-30)20-19-5-6-27-31(19)13-18(29-20)14(8-25)9-26-11-17(32)7-21(22,23)24/h5-6,8-10,12-13,16-17,32H,3-4,7,11,25H2,1-2H3. The molecule has 8 nitrogen and oxygen atoms in total. The van der Waals surface area contributed by atoms with E-state index < -0.39 is 25.2 Å². The molecule has 0 spiro atoms. The van der Waals surface area contributed by atoms with Gasteiger partial charge in [-0.25, -0.2) is 9.50 Å². The second-order valence-electron chi connectivity index (χ2n) is 7.40. The van der Waals surface area contributed by atoms with Crippen LogP contribution >= 0.6 is 0 Å². The summed E-state index contributed by atoms with van der Waals surface area (Å²) < 4.78 is 40.7. The second-order valence-corrected chi connectivity index (χ2v) is 7.40. The van der Waals surface area contributed by atoms with E-state index in [1.54, 1.807) is 23.1 Å². The SMILES string of the molecule is CCC(CC)n1cc(-c2nc(C(C=NCC(O)CC(F)(F)F)=CN)cn3nccc23)cn1. The average Bonchev–Trinajstić information content (AvgIpc) is 3.40. The molecule has 0 bridgehead atoms. The predicted molar refractivity (Wildman–Crippen MR) is 116 cm³/mol. The number of nitrogens with zero attached hydrogens (tertiary/aromatic N) is 6. The molecule has 1 atom stereocenters. The Morgan fingerprint density at radius 1 is 1.25 bits per heavy atom. The number of nitrogens with two attached hydrogens (primary N) is 1. The van der Waals surface area contributed by atoms with Crippen LogP contribution < -0.4 is 5.73 Å². The number of fused-ring (bicyclic) bond motifs is 1. The van der Waals surface area contributed by atoms with Gasteiger partial charge in [0.1, 0.15) is 0 Å². The number of aliphatic imine (C=N–C) groups is 1. The minimum Gasteiger partial charge on any atom is -0.404 e. The van der Waals surface area contributed by atoms with Crippen molar-refractivity contribution in [2.24, 2.45) is 10.7 Å². The lowest BCUT2D eigenvalue weighted by molar-refractivity contribution is -0.152. The first-order chi connectivity index (χ1) is 15.3. The molecule has 0 aliphatic heterocycles. The molecule has 3 aromatic heterocycles. The van der Waals surface area contributed by atoms with Crippen LogP contribution in [-0.4, -0.2) is 54.5 Å². The monoisotopic (exact) mass is 449 g/mol. The van der Waals surface area contributed by atoms with E-state index in [9.17, 15) is 18.3 Å². The van der Waals surface area contributed by atoms with Crippen molar-refractivity contribution in [2.75, 3.05) is 6.54 Å². The van der Waals surface area contributed by atoms with Gasteiger partial charge < -0.3 is 10.8 Å². The molecule has 0 saturated carbocycles. The maximum Gasteiger partial charge on any atom is 0.391 e. The summed E-state index contributed by atoms with van der Waals surface area (Å²) in [7, 11) is 0. The van der Waals surface area contributed by atoms with Crippen LogP contribution in [0.15, 0.2) is 42.0 Å². The topological polar surface area (TPSA) is 107 Å². The number of hydrogen-bond donors (Lipinski definition) is 2. The van der Waals surface area contributed by atoms with E-state index >= 15 is 0 Å². The zero-order valence-electron chi connectivity index (χ0n) is 17.9. The number of rotatable bonds is 9. The van der Waals surface area contributed by atoms with Crippen molar-refractivity contribution in [3.05, 3.63) is 42.7 Å².